The molecule has 0 aliphatic rings. The Balaban J connectivity index is 1.80. The molecule has 6 aromatic rings. The fourth-order valence-corrected chi connectivity index (χ4v) is 6.64. The van der Waals surface area contributed by atoms with Crippen LogP contribution in [0, 0.1) is 0 Å². The summed E-state index contributed by atoms with van der Waals surface area (Å²) in [6.07, 6.45) is 0. The second-order valence-electron chi connectivity index (χ2n) is 11.7. The van der Waals surface area contributed by atoms with Gasteiger partial charge in [0, 0.05) is 36.0 Å². The summed E-state index contributed by atoms with van der Waals surface area (Å²) in [4.78, 5) is 0. The van der Waals surface area contributed by atoms with E-state index in [1.165, 1.54) is 53.1 Å². The van der Waals surface area contributed by atoms with Gasteiger partial charge in [-0.3, -0.25) is 0 Å². The van der Waals surface area contributed by atoms with E-state index in [1.807, 2.05) is 11.3 Å². The van der Waals surface area contributed by atoms with Gasteiger partial charge >= 0.3 is 0 Å². The zero-order chi connectivity index (χ0) is 24.7. The number of hydrogen-bond acceptors (Lipinski definition) is 1. The van der Waals surface area contributed by atoms with E-state index in [9.17, 15) is 0 Å². The van der Waals surface area contributed by atoms with Gasteiger partial charge in [0.15, 0.2) is 0 Å². The molecule has 0 spiro atoms. The number of hydrogen-bond donors (Lipinski definition) is 0. The number of aromatic nitrogens is 1. The second kappa shape index (κ2) is 7.59. The highest BCUT2D eigenvalue weighted by atomic mass is 35.5. The van der Waals surface area contributed by atoms with Gasteiger partial charge in [-0.1, -0.05) is 83.5 Å². The zero-order valence-electron chi connectivity index (χ0n) is 21.2. The Bertz CT molecular complexity index is 1700. The summed E-state index contributed by atoms with van der Waals surface area (Å²) in [6.45, 7) is 13.7. The third kappa shape index (κ3) is 3.58. The molecule has 4 aromatic carbocycles. The lowest BCUT2D eigenvalue weighted by molar-refractivity contribution is 0.590. The first-order chi connectivity index (χ1) is 16.5. The van der Waals surface area contributed by atoms with Gasteiger partial charge < -0.3 is 4.57 Å². The number of rotatable bonds is 1. The maximum atomic E-state index is 6.73. The van der Waals surface area contributed by atoms with Gasteiger partial charge in [0.1, 0.15) is 0 Å². The third-order valence-corrected chi connectivity index (χ3v) is 8.50. The van der Waals surface area contributed by atoms with Crippen molar-refractivity contribution in [3.8, 4) is 5.69 Å². The molecule has 0 atom stereocenters. The number of thiophene rings is 1. The maximum absolute atomic E-state index is 6.73. The first-order valence-electron chi connectivity index (χ1n) is 12.2. The highest BCUT2D eigenvalue weighted by molar-refractivity contribution is 7.26. The van der Waals surface area contributed by atoms with Crippen molar-refractivity contribution in [2.24, 2.45) is 0 Å². The summed E-state index contributed by atoms with van der Waals surface area (Å²) in [6, 6.07) is 26.9. The first-order valence-corrected chi connectivity index (χ1v) is 13.4. The third-order valence-electron chi connectivity index (χ3n) is 7.16. The molecule has 0 radical (unpaired) electrons. The average molecular weight is 496 g/mol. The van der Waals surface area contributed by atoms with Crippen molar-refractivity contribution in [3.63, 3.8) is 0 Å². The molecular formula is C32H30ClNS. The van der Waals surface area contributed by atoms with E-state index in [0.29, 0.717) is 0 Å². The van der Waals surface area contributed by atoms with Crippen molar-refractivity contribution in [3.05, 3.63) is 88.9 Å². The van der Waals surface area contributed by atoms with Gasteiger partial charge in [0.05, 0.1) is 16.7 Å². The predicted molar refractivity (Wildman–Crippen MR) is 156 cm³/mol. The Hall–Kier alpha value is -2.81. The quantitative estimate of drug-likeness (QED) is 0.214. The van der Waals surface area contributed by atoms with E-state index in [0.717, 1.165) is 10.7 Å². The standard InChI is InChI=1S/C32H30ClNS/c1-31(2,3)19-11-13-25-23(15-19)24-16-20(32(4,5)6)12-14-26(24)34(25)27-17-21(33)18-29-30(27)22-9-7-8-10-28(22)35-29/h7-18H,1-6H3. The molecule has 0 amide bonds. The molecule has 0 N–H and O–H groups in total. The first kappa shape index (κ1) is 22.6. The number of halogens is 1. The Morgan fingerprint density at radius 2 is 1.20 bits per heavy atom. The summed E-state index contributed by atoms with van der Waals surface area (Å²) in [5.74, 6) is 0. The van der Waals surface area contributed by atoms with Crippen LogP contribution < -0.4 is 0 Å². The Kier molecular flexibility index (Phi) is 4.91. The van der Waals surface area contributed by atoms with Crippen LogP contribution >= 0.6 is 22.9 Å². The molecule has 0 bridgehead atoms. The summed E-state index contributed by atoms with van der Waals surface area (Å²) in [5.41, 5.74) is 6.45. The van der Waals surface area contributed by atoms with E-state index in [4.69, 9.17) is 11.6 Å². The van der Waals surface area contributed by atoms with E-state index in [1.54, 1.807) is 0 Å². The minimum atomic E-state index is 0.0805. The number of nitrogens with zero attached hydrogens (tertiary/aromatic N) is 1. The van der Waals surface area contributed by atoms with Gasteiger partial charge in [0.25, 0.3) is 0 Å². The highest BCUT2D eigenvalue weighted by Crippen LogP contribution is 2.43. The largest absolute Gasteiger partial charge is 0.309 e. The van der Waals surface area contributed by atoms with Crippen LogP contribution in [0.2, 0.25) is 5.02 Å². The van der Waals surface area contributed by atoms with Crippen LogP contribution in [0.4, 0.5) is 0 Å². The van der Waals surface area contributed by atoms with Gasteiger partial charge in [0.2, 0.25) is 0 Å². The molecule has 0 aliphatic carbocycles. The van der Waals surface area contributed by atoms with Crippen molar-refractivity contribution >= 4 is 64.9 Å². The molecule has 0 saturated carbocycles. The fourth-order valence-electron chi connectivity index (χ4n) is 5.19. The van der Waals surface area contributed by atoms with Crippen molar-refractivity contribution < 1.29 is 0 Å². The van der Waals surface area contributed by atoms with Crippen LogP contribution in [-0.2, 0) is 10.8 Å². The van der Waals surface area contributed by atoms with Gasteiger partial charge in [-0.2, -0.15) is 0 Å². The van der Waals surface area contributed by atoms with Crippen molar-refractivity contribution in [2.75, 3.05) is 0 Å². The SMILES string of the molecule is CC(C)(C)c1ccc2c(c1)c1cc(C(C)(C)C)ccc1n2-c1cc(Cl)cc2sc3ccccc3c12. The zero-order valence-corrected chi connectivity index (χ0v) is 22.7. The van der Waals surface area contributed by atoms with Crippen molar-refractivity contribution in [2.45, 2.75) is 52.4 Å². The lowest BCUT2D eigenvalue weighted by Crippen LogP contribution is -2.10. The Labute approximate surface area is 215 Å². The highest BCUT2D eigenvalue weighted by Gasteiger charge is 2.22. The number of benzene rings is 4. The average Bonchev–Trinajstić information content (AvgIpc) is 3.31. The molecule has 1 nitrogen and oxygen atoms in total. The molecule has 3 heteroatoms. The van der Waals surface area contributed by atoms with Crippen LogP contribution in [0.15, 0.2) is 72.8 Å². The topological polar surface area (TPSA) is 4.93 Å². The van der Waals surface area contributed by atoms with Crippen LogP contribution in [0.5, 0.6) is 0 Å². The van der Waals surface area contributed by atoms with Crippen molar-refractivity contribution in [1.82, 2.24) is 4.57 Å². The molecule has 2 heterocycles. The second-order valence-corrected chi connectivity index (χ2v) is 13.2. The number of fused-ring (bicyclic) bond motifs is 6. The van der Waals surface area contributed by atoms with E-state index in [2.05, 4.69) is 119 Å². The lowest BCUT2D eigenvalue weighted by atomic mass is 9.85. The maximum Gasteiger partial charge on any atom is 0.0570 e. The molecule has 176 valence electrons. The van der Waals surface area contributed by atoms with Crippen LogP contribution in [-0.4, -0.2) is 4.57 Å². The van der Waals surface area contributed by atoms with E-state index >= 15 is 0 Å². The minimum absolute atomic E-state index is 0.0805. The van der Waals surface area contributed by atoms with Gasteiger partial charge in [-0.15, -0.1) is 11.3 Å². The van der Waals surface area contributed by atoms with Crippen LogP contribution in [0.25, 0.3) is 47.7 Å². The minimum Gasteiger partial charge on any atom is -0.309 e. The fraction of sp³-hybridized carbons (Fsp3) is 0.250. The molecule has 35 heavy (non-hydrogen) atoms. The lowest BCUT2D eigenvalue weighted by Gasteiger charge is -2.19. The normalized spacial score (nSPS) is 13.0. The summed E-state index contributed by atoms with van der Waals surface area (Å²) in [5, 5.41) is 5.92. The molecular weight excluding hydrogens is 466 g/mol. The van der Waals surface area contributed by atoms with E-state index < -0.39 is 0 Å². The van der Waals surface area contributed by atoms with Gasteiger partial charge in [-0.05, 0) is 64.4 Å². The monoisotopic (exact) mass is 495 g/mol. The molecule has 6 rings (SSSR count). The van der Waals surface area contributed by atoms with Crippen molar-refractivity contribution in [1.29, 1.82) is 0 Å². The summed E-state index contributed by atoms with van der Waals surface area (Å²) < 4.78 is 4.94. The summed E-state index contributed by atoms with van der Waals surface area (Å²) >= 11 is 8.55. The smallest absolute Gasteiger partial charge is 0.0570 e. The molecule has 2 aromatic heterocycles. The van der Waals surface area contributed by atoms with E-state index in [-0.39, 0.29) is 10.8 Å². The van der Waals surface area contributed by atoms with Crippen LogP contribution in [0.1, 0.15) is 52.7 Å². The Morgan fingerprint density at radius 1 is 0.629 bits per heavy atom. The molecule has 0 unspecified atom stereocenters. The Morgan fingerprint density at radius 3 is 1.77 bits per heavy atom. The molecule has 0 fully saturated rings. The van der Waals surface area contributed by atoms with Crippen LogP contribution in [0.3, 0.4) is 0 Å². The molecule has 0 saturated heterocycles. The summed E-state index contributed by atoms with van der Waals surface area (Å²) in [7, 11) is 0. The molecule has 0 aliphatic heterocycles. The predicted octanol–water partition coefficient (Wildman–Crippen LogP) is 10.4. The van der Waals surface area contributed by atoms with Gasteiger partial charge in [-0.25, -0.2) is 0 Å².